The molecule has 0 bridgehead atoms. The second-order valence-electron chi connectivity index (χ2n) is 14.6. The van der Waals surface area contributed by atoms with Crippen LogP contribution in [0.25, 0.3) is 10.9 Å². The Bertz CT molecular complexity index is 2020. The zero-order valence-electron chi connectivity index (χ0n) is 33.4. The number of aliphatic hydroxyl groups is 3. The van der Waals surface area contributed by atoms with Crippen LogP contribution in [0.4, 0.5) is 0 Å². The molecule has 24 nitrogen and oxygen atoms in total. The van der Waals surface area contributed by atoms with Gasteiger partial charge in [0.05, 0.1) is 66.1 Å². The van der Waals surface area contributed by atoms with Gasteiger partial charge in [-0.3, -0.25) is 47.2 Å². The Morgan fingerprint density at radius 3 is 2.41 bits per heavy atom. The Balaban J connectivity index is 1.94. The van der Waals surface area contributed by atoms with E-state index in [1.54, 1.807) is 0 Å². The number of likely N-dealkylation sites (N-methyl/N-ethyl adjacent to an activating group) is 2. The summed E-state index contributed by atoms with van der Waals surface area (Å²) in [5.41, 5.74) is 5.78. The summed E-state index contributed by atoms with van der Waals surface area (Å²) < 4.78 is 40.2. The molecule has 1 aromatic heterocycles. The first-order valence-electron chi connectivity index (χ1n) is 19.0. The standard InChI is InChI=1S/C35H52N10O14S2/c1-16(26(48)14-46)30-34(55)42-23(31(52)39-11-28(50)38-3)9-21-20-5-4-19(59-61(57)58)8-22(20)43-35(21)60(56)15-24(41-29(51)10-37-2)32(53)40-17(6-27(36)49)12-45-13-18(47)7-25(45)33(54)44-30/h4-5,8,16-18,23-26,30,37,43,46-48H,6-7,9-15H2,1-3H3,(H2,36,49)(H,38,50)(H,39,52)(H,40,53)(H,41,51)(H,42,55)(H,44,54)(H,57,58)/t16-,17-,18+,23-,24-,25-,26-,30-,60?/m0/s1. The molecule has 2 aromatic rings. The van der Waals surface area contributed by atoms with Crippen molar-refractivity contribution in [1.82, 2.24) is 47.1 Å². The predicted octanol–water partition coefficient (Wildman–Crippen LogP) is -6.33. The lowest BCUT2D eigenvalue weighted by Crippen LogP contribution is -2.61. The van der Waals surface area contributed by atoms with Crippen molar-refractivity contribution in [2.45, 2.75) is 73.6 Å². The Kier molecular flexibility index (Phi) is 17.6. The summed E-state index contributed by atoms with van der Waals surface area (Å²) in [6, 6.07) is -3.19. The van der Waals surface area contributed by atoms with Crippen LogP contribution in [0.15, 0.2) is 23.2 Å². The van der Waals surface area contributed by atoms with Gasteiger partial charge in [-0.25, -0.2) is 0 Å². The number of H-pyrrole nitrogens is 1. The first kappa shape index (κ1) is 48.6. The molecule has 0 aliphatic carbocycles. The van der Waals surface area contributed by atoms with Gasteiger partial charge >= 0.3 is 11.4 Å². The largest absolute Gasteiger partial charge is 0.394 e. The third-order valence-corrected chi connectivity index (χ3v) is 11.9. The lowest BCUT2D eigenvalue weighted by Gasteiger charge is -2.32. The van der Waals surface area contributed by atoms with E-state index in [1.165, 1.54) is 44.1 Å². The highest BCUT2D eigenvalue weighted by atomic mass is 32.2. The van der Waals surface area contributed by atoms with Crippen molar-refractivity contribution in [3.8, 4) is 5.75 Å². The fourth-order valence-corrected chi connectivity index (χ4v) is 8.70. The number of aromatic nitrogens is 1. The number of nitrogens with two attached hydrogens (primary N) is 1. The first-order valence-corrected chi connectivity index (χ1v) is 21.3. The molecular formula is C35H52N10O14S2. The van der Waals surface area contributed by atoms with Crippen molar-refractivity contribution in [3.05, 3.63) is 23.8 Å². The summed E-state index contributed by atoms with van der Waals surface area (Å²) >= 11 is -2.75. The SMILES string of the molecule is CNCC(=O)N[C@H]1CS(=O)c2[nH]c3cc(OS(=O)O)ccc3c2C[C@@H](C(=O)NCC(=O)NC)NC(=O)[C@H]([C@@H](C)[C@@H](O)CO)NC(=O)[C@@H]2C[C@@H](O)CN2C[C@H](CC(N)=O)NC1=O. The molecule has 3 heterocycles. The van der Waals surface area contributed by atoms with E-state index in [9.17, 15) is 61.9 Å². The number of hydrogen-bond acceptors (Lipinski definition) is 15. The summed E-state index contributed by atoms with van der Waals surface area (Å²) in [4.78, 5) is 97.9. The van der Waals surface area contributed by atoms with E-state index in [0.29, 0.717) is 0 Å². The fraction of sp³-hybridized carbons (Fsp3) is 0.571. The Labute approximate surface area is 354 Å². The number of nitrogens with zero attached hydrogens (tertiary/aromatic N) is 1. The van der Waals surface area contributed by atoms with Gasteiger partial charge in [0, 0.05) is 50.3 Å². The number of hydrogen-bond donors (Lipinski definition) is 13. The monoisotopic (exact) mass is 900 g/mol. The molecule has 0 saturated carbocycles. The second kappa shape index (κ2) is 22.1. The van der Waals surface area contributed by atoms with Gasteiger partial charge in [0.2, 0.25) is 41.4 Å². The Morgan fingerprint density at radius 1 is 1.05 bits per heavy atom. The summed E-state index contributed by atoms with van der Waals surface area (Å²) in [6.07, 6.45) is -3.82. The highest BCUT2D eigenvalue weighted by Crippen LogP contribution is 2.30. The number of aromatic amines is 1. The van der Waals surface area contributed by atoms with Crippen molar-refractivity contribution in [2.75, 3.05) is 52.6 Å². The molecule has 4 rings (SSSR count). The molecule has 7 amide bonds. The fourth-order valence-electron chi connectivity index (χ4n) is 7.04. The number of rotatable bonds is 13. The van der Waals surface area contributed by atoms with Crippen LogP contribution < -0.4 is 47.1 Å². The van der Waals surface area contributed by atoms with Crippen LogP contribution in [0, 0.1) is 5.92 Å². The summed E-state index contributed by atoms with van der Waals surface area (Å²) in [6.45, 7) is -0.707. The van der Waals surface area contributed by atoms with Crippen LogP contribution in [-0.2, 0) is 62.1 Å². The lowest BCUT2D eigenvalue weighted by atomic mass is 9.94. The minimum atomic E-state index is -2.75. The molecular weight excluding hydrogens is 849 g/mol. The van der Waals surface area contributed by atoms with Gasteiger partial charge in [-0.1, -0.05) is 6.92 Å². The third-order valence-electron chi connectivity index (χ3n) is 10.1. The van der Waals surface area contributed by atoms with Gasteiger partial charge in [-0.05, 0) is 31.2 Å². The van der Waals surface area contributed by atoms with E-state index < -0.39 is 144 Å². The lowest BCUT2D eigenvalue weighted by molar-refractivity contribution is -0.136. The van der Waals surface area contributed by atoms with Crippen molar-refractivity contribution in [3.63, 3.8) is 0 Å². The minimum absolute atomic E-state index is 0.0958. The van der Waals surface area contributed by atoms with E-state index >= 15 is 0 Å². The van der Waals surface area contributed by atoms with Crippen LogP contribution in [0.2, 0.25) is 0 Å². The van der Waals surface area contributed by atoms with Crippen molar-refractivity contribution < 1.29 is 66.0 Å². The van der Waals surface area contributed by atoms with Gasteiger partial charge in [0.15, 0.2) is 0 Å². The number of nitrogens with one attached hydrogen (secondary N) is 8. The van der Waals surface area contributed by atoms with Crippen molar-refractivity contribution >= 4 is 74.4 Å². The first-order chi connectivity index (χ1) is 28.8. The van der Waals surface area contributed by atoms with Crippen LogP contribution in [0.3, 0.4) is 0 Å². The summed E-state index contributed by atoms with van der Waals surface area (Å²) in [5.74, 6) is -7.82. The maximum Gasteiger partial charge on any atom is 0.357 e. The molecule has 26 heteroatoms. The summed E-state index contributed by atoms with van der Waals surface area (Å²) in [7, 11) is 0.504. The molecule has 0 radical (unpaired) electrons. The molecule has 14 N–H and O–H groups in total. The van der Waals surface area contributed by atoms with Crippen LogP contribution in [-0.4, -0.2) is 175 Å². The molecule has 2 aliphatic rings. The molecule has 2 aliphatic heterocycles. The number of fused-ring (bicyclic) bond motifs is 4. The van der Waals surface area contributed by atoms with Gasteiger partial charge < -0.3 is 67.4 Å². The zero-order valence-corrected chi connectivity index (χ0v) is 35.1. The minimum Gasteiger partial charge on any atom is -0.394 e. The van der Waals surface area contributed by atoms with Crippen LogP contribution >= 0.6 is 0 Å². The van der Waals surface area contributed by atoms with E-state index in [1.807, 2.05) is 0 Å². The number of primary amides is 1. The quantitative estimate of drug-likeness (QED) is 0.0832. The maximum atomic E-state index is 14.5. The molecule has 338 valence electrons. The van der Waals surface area contributed by atoms with Crippen LogP contribution in [0.1, 0.15) is 25.3 Å². The van der Waals surface area contributed by atoms with Crippen molar-refractivity contribution in [2.24, 2.45) is 11.7 Å². The molecule has 1 fully saturated rings. The number of carbonyl (C=O) groups excluding carboxylic acids is 7. The van der Waals surface area contributed by atoms with Gasteiger partial charge in [-0.15, -0.1) is 0 Å². The Hall–Kier alpha value is -5.09. The van der Waals surface area contributed by atoms with E-state index in [2.05, 4.69) is 42.2 Å². The van der Waals surface area contributed by atoms with E-state index in [4.69, 9.17) is 9.92 Å². The maximum absolute atomic E-state index is 14.5. The molecule has 10 atom stereocenters. The highest BCUT2D eigenvalue weighted by Gasteiger charge is 2.42. The summed E-state index contributed by atoms with van der Waals surface area (Å²) in [5, 5.41) is 49.0. The topological polar surface area (TPSA) is 373 Å². The molecule has 0 spiro atoms. The van der Waals surface area contributed by atoms with E-state index in [-0.39, 0.29) is 53.3 Å². The molecule has 2 unspecified atom stereocenters. The Morgan fingerprint density at radius 2 is 1.77 bits per heavy atom. The molecule has 61 heavy (non-hydrogen) atoms. The van der Waals surface area contributed by atoms with E-state index in [0.717, 1.165) is 0 Å². The average molecular weight is 901 g/mol. The number of benzene rings is 1. The average Bonchev–Trinajstić information content (AvgIpc) is 3.75. The second-order valence-corrected chi connectivity index (χ2v) is 16.6. The van der Waals surface area contributed by atoms with Gasteiger partial charge in [-0.2, -0.15) is 4.21 Å². The zero-order chi connectivity index (χ0) is 45.1. The third kappa shape index (κ3) is 13.2. The number of amides is 7. The highest BCUT2D eigenvalue weighted by molar-refractivity contribution is 7.85. The molecule has 1 saturated heterocycles. The van der Waals surface area contributed by atoms with Gasteiger partial charge in [0.25, 0.3) is 0 Å². The number of aliphatic hydroxyl groups excluding tert-OH is 3. The smallest absolute Gasteiger partial charge is 0.357 e. The van der Waals surface area contributed by atoms with Crippen LogP contribution in [0.5, 0.6) is 5.75 Å². The normalized spacial score (nSPS) is 25.8. The van der Waals surface area contributed by atoms with Crippen molar-refractivity contribution in [1.29, 1.82) is 0 Å². The molecule has 1 aromatic carbocycles. The predicted molar refractivity (Wildman–Crippen MR) is 215 cm³/mol. The van der Waals surface area contributed by atoms with Gasteiger partial charge in [0.1, 0.15) is 28.9 Å². The number of carbonyl (C=O) groups is 7.